The van der Waals surface area contributed by atoms with Crippen molar-refractivity contribution < 1.29 is 14.6 Å². The minimum atomic E-state index is -0.584. The normalized spacial score (nSPS) is 18.7. The van der Waals surface area contributed by atoms with Gasteiger partial charge in [0.2, 0.25) is 0 Å². The molecule has 0 aliphatic carbocycles. The summed E-state index contributed by atoms with van der Waals surface area (Å²) in [5.41, 5.74) is 2.80. The summed E-state index contributed by atoms with van der Waals surface area (Å²) in [4.78, 5) is 11.6. The van der Waals surface area contributed by atoms with Gasteiger partial charge in [-0.15, -0.1) is 0 Å². The highest BCUT2D eigenvalue weighted by Crippen LogP contribution is 2.34. The van der Waals surface area contributed by atoms with Crippen molar-refractivity contribution in [2.24, 2.45) is 0 Å². The fourth-order valence-corrected chi connectivity index (χ4v) is 1.92. The van der Waals surface area contributed by atoms with Gasteiger partial charge in [-0.1, -0.05) is 6.07 Å². The Bertz CT molecular complexity index is 429. The standard InChI is InChI=1S/C12H15NO3/c1-7-5-8(2)11-9(6-7)13-12(15)10(16-11)3-4-14/h5-6,10,14H,3-4H2,1-2H3,(H,13,15). The van der Waals surface area contributed by atoms with Gasteiger partial charge >= 0.3 is 0 Å². The molecule has 1 aliphatic rings. The average Bonchev–Trinajstić information content (AvgIpc) is 2.20. The Labute approximate surface area is 94.2 Å². The van der Waals surface area contributed by atoms with E-state index in [1.54, 1.807) is 0 Å². The van der Waals surface area contributed by atoms with Crippen LogP contribution in [0.3, 0.4) is 0 Å². The highest BCUT2D eigenvalue weighted by atomic mass is 16.5. The number of carbonyl (C=O) groups excluding carboxylic acids is 1. The monoisotopic (exact) mass is 221 g/mol. The SMILES string of the molecule is Cc1cc(C)c2c(c1)NC(=O)C(CCO)O2. The van der Waals surface area contributed by atoms with Gasteiger partial charge in [-0.05, 0) is 31.0 Å². The van der Waals surface area contributed by atoms with Crippen LogP contribution >= 0.6 is 0 Å². The molecule has 0 aromatic heterocycles. The average molecular weight is 221 g/mol. The second-order valence-electron chi connectivity index (χ2n) is 4.07. The van der Waals surface area contributed by atoms with Crippen molar-refractivity contribution >= 4 is 11.6 Å². The second kappa shape index (κ2) is 4.14. The summed E-state index contributed by atoms with van der Waals surface area (Å²) in [5.74, 6) is 0.523. The van der Waals surface area contributed by atoms with E-state index >= 15 is 0 Å². The number of amides is 1. The maximum atomic E-state index is 11.6. The fourth-order valence-electron chi connectivity index (χ4n) is 1.92. The summed E-state index contributed by atoms with van der Waals surface area (Å²) in [6.45, 7) is 3.86. The van der Waals surface area contributed by atoms with E-state index < -0.39 is 6.10 Å². The molecule has 2 rings (SSSR count). The highest BCUT2D eigenvalue weighted by Gasteiger charge is 2.28. The number of fused-ring (bicyclic) bond motifs is 1. The van der Waals surface area contributed by atoms with Gasteiger partial charge in [-0.25, -0.2) is 0 Å². The van der Waals surface area contributed by atoms with E-state index in [-0.39, 0.29) is 12.5 Å². The molecule has 0 saturated carbocycles. The number of rotatable bonds is 2. The lowest BCUT2D eigenvalue weighted by Gasteiger charge is -2.27. The minimum Gasteiger partial charge on any atom is -0.478 e. The van der Waals surface area contributed by atoms with Gasteiger partial charge in [-0.3, -0.25) is 4.79 Å². The van der Waals surface area contributed by atoms with Gasteiger partial charge in [0.25, 0.3) is 5.91 Å². The Morgan fingerprint density at radius 3 is 2.88 bits per heavy atom. The van der Waals surface area contributed by atoms with E-state index in [1.807, 2.05) is 26.0 Å². The predicted molar refractivity (Wildman–Crippen MR) is 60.7 cm³/mol. The maximum Gasteiger partial charge on any atom is 0.265 e. The lowest BCUT2D eigenvalue weighted by Crippen LogP contribution is -2.37. The van der Waals surface area contributed by atoms with Crippen LogP contribution in [0.5, 0.6) is 5.75 Å². The van der Waals surface area contributed by atoms with E-state index in [2.05, 4.69) is 5.32 Å². The van der Waals surface area contributed by atoms with Crippen molar-refractivity contribution in [1.82, 2.24) is 0 Å². The molecular formula is C12H15NO3. The smallest absolute Gasteiger partial charge is 0.265 e. The number of aliphatic hydroxyl groups is 1. The van der Waals surface area contributed by atoms with Crippen LogP contribution in [-0.2, 0) is 4.79 Å². The number of ether oxygens (including phenoxy) is 1. The van der Waals surface area contributed by atoms with Gasteiger partial charge < -0.3 is 15.2 Å². The maximum absolute atomic E-state index is 11.6. The van der Waals surface area contributed by atoms with Crippen molar-refractivity contribution in [3.05, 3.63) is 23.3 Å². The first-order chi connectivity index (χ1) is 7.61. The molecule has 1 amide bonds. The molecule has 1 atom stereocenters. The Balaban J connectivity index is 2.35. The van der Waals surface area contributed by atoms with Crippen LogP contribution in [0.25, 0.3) is 0 Å². The number of hydrogen-bond acceptors (Lipinski definition) is 3. The molecule has 86 valence electrons. The molecule has 0 spiro atoms. The van der Waals surface area contributed by atoms with Gasteiger partial charge in [0.1, 0.15) is 5.75 Å². The van der Waals surface area contributed by atoms with E-state index in [0.29, 0.717) is 12.2 Å². The lowest BCUT2D eigenvalue weighted by molar-refractivity contribution is -0.124. The molecule has 0 saturated heterocycles. The first-order valence-corrected chi connectivity index (χ1v) is 5.31. The summed E-state index contributed by atoms with van der Waals surface area (Å²) in [6.07, 6.45) is -0.266. The zero-order valence-corrected chi connectivity index (χ0v) is 9.41. The summed E-state index contributed by atoms with van der Waals surface area (Å²) in [7, 11) is 0. The Kier molecular flexibility index (Phi) is 2.83. The van der Waals surface area contributed by atoms with Crippen molar-refractivity contribution in [2.45, 2.75) is 26.4 Å². The summed E-state index contributed by atoms with van der Waals surface area (Å²) in [5, 5.41) is 11.6. The number of hydrogen-bond donors (Lipinski definition) is 2. The third kappa shape index (κ3) is 1.88. The van der Waals surface area contributed by atoms with Crippen LogP contribution in [0.4, 0.5) is 5.69 Å². The molecule has 1 aliphatic heterocycles. The number of nitrogens with one attached hydrogen (secondary N) is 1. The van der Waals surface area contributed by atoms with E-state index in [4.69, 9.17) is 9.84 Å². The fraction of sp³-hybridized carbons (Fsp3) is 0.417. The zero-order valence-electron chi connectivity index (χ0n) is 9.41. The lowest BCUT2D eigenvalue weighted by atomic mass is 10.1. The van der Waals surface area contributed by atoms with Crippen molar-refractivity contribution in [1.29, 1.82) is 0 Å². The molecule has 1 unspecified atom stereocenters. The largest absolute Gasteiger partial charge is 0.478 e. The van der Waals surface area contributed by atoms with Crippen LogP contribution < -0.4 is 10.1 Å². The third-order valence-electron chi connectivity index (χ3n) is 2.62. The summed E-state index contributed by atoms with van der Waals surface area (Å²) < 4.78 is 5.60. The van der Waals surface area contributed by atoms with Crippen LogP contribution in [0.1, 0.15) is 17.5 Å². The molecule has 0 fully saturated rings. The Morgan fingerprint density at radius 2 is 2.19 bits per heavy atom. The van der Waals surface area contributed by atoms with Crippen molar-refractivity contribution in [3.63, 3.8) is 0 Å². The number of carbonyl (C=O) groups is 1. The Morgan fingerprint density at radius 1 is 1.44 bits per heavy atom. The Hall–Kier alpha value is -1.55. The predicted octanol–water partition coefficient (Wildman–Crippen LogP) is 1.39. The first kappa shape index (κ1) is 11.0. The van der Waals surface area contributed by atoms with Gasteiger partial charge in [0.15, 0.2) is 6.10 Å². The van der Waals surface area contributed by atoms with Crippen molar-refractivity contribution in [3.8, 4) is 5.75 Å². The molecular weight excluding hydrogens is 206 g/mol. The molecule has 16 heavy (non-hydrogen) atoms. The molecule has 0 bridgehead atoms. The molecule has 2 N–H and O–H groups in total. The van der Waals surface area contributed by atoms with E-state index in [9.17, 15) is 4.79 Å². The van der Waals surface area contributed by atoms with Crippen molar-refractivity contribution in [2.75, 3.05) is 11.9 Å². The highest BCUT2D eigenvalue weighted by molar-refractivity contribution is 5.98. The molecule has 1 aromatic carbocycles. The molecule has 1 heterocycles. The number of aliphatic hydroxyl groups excluding tert-OH is 1. The zero-order chi connectivity index (χ0) is 11.7. The summed E-state index contributed by atoms with van der Waals surface area (Å²) >= 11 is 0. The van der Waals surface area contributed by atoms with E-state index in [0.717, 1.165) is 16.8 Å². The quantitative estimate of drug-likeness (QED) is 0.793. The topological polar surface area (TPSA) is 58.6 Å². The first-order valence-electron chi connectivity index (χ1n) is 5.31. The number of anilines is 1. The van der Waals surface area contributed by atoms with Crippen LogP contribution in [-0.4, -0.2) is 23.7 Å². The van der Waals surface area contributed by atoms with E-state index in [1.165, 1.54) is 0 Å². The molecule has 4 nitrogen and oxygen atoms in total. The number of aryl methyl sites for hydroxylation is 2. The minimum absolute atomic E-state index is 0.0572. The van der Waals surface area contributed by atoms with Gasteiger partial charge in [0, 0.05) is 13.0 Å². The molecule has 1 aromatic rings. The molecule has 4 heteroatoms. The van der Waals surface area contributed by atoms with Crippen LogP contribution in [0, 0.1) is 13.8 Å². The van der Waals surface area contributed by atoms with Gasteiger partial charge in [-0.2, -0.15) is 0 Å². The summed E-state index contributed by atoms with van der Waals surface area (Å²) in [6, 6.07) is 3.89. The number of benzene rings is 1. The second-order valence-corrected chi connectivity index (χ2v) is 4.07. The molecule has 0 radical (unpaired) electrons. The third-order valence-corrected chi connectivity index (χ3v) is 2.62. The van der Waals surface area contributed by atoms with Gasteiger partial charge in [0.05, 0.1) is 5.69 Å². The van der Waals surface area contributed by atoms with Crippen LogP contribution in [0.15, 0.2) is 12.1 Å². The van der Waals surface area contributed by atoms with Crippen LogP contribution in [0.2, 0.25) is 0 Å².